The fourth-order valence-corrected chi connectivity index (χ4v) is 3.68. The van der Waals surface area contributed by atoms with Crippen molar-refractivity contribution in [3.63, 3.8) is 0 Å². The van der Waals surface area contributed by atoms with Crippen molar-refractivity contribution in [2.75, 3.05) is 36.0 Å². The van der Waals surface area contributed by atoms with Gasteiger partial charge in [-0.2, -0.15) is 0 Å². The Hall–Kier alpha value is -2.14. The molecule has 1 saturated heterocycles. The standard InChI is InChI=1S/C16H16N4S/c1-2-6-14-13(5-1)18-16(21-14)20-11-9-19(10-12-20)15-7-3-4-8-17-15/h1-8H,9-12H2. The first-order valence-corrected chi connectivity index (χ1v) is 7.98. The minimum atomic E-state index is 0.993. The van der Waals surface area contributed by atoms with E-state index in [2.05, 4.69) is 39.0 Å². The van der Waals surface area contributed by atoms with Gasteiger partial charge in [0.2, 0.25) is 0 Å². The number of nitrogens with zero attached hydrogens (tertiary/aromatic N) is 4. The predicted molar refractivity (Wildman–Crippen MR) is 88.3 cm³/mol. The molecule has 106 valence electrons. The van der Waals surface area contributed by atoms with Gasteiger partial charge < -0.3 is 9.80 Å². The summed E-state index contributed by atoms with van der Waals surface area (Å²) in [5.74, 6) is 1.07. The number of rotatable bonds is 2. The molecule has 4 nitrogen and oxygen atoms in total. The van der Waals surface area contributed by atoms with Gasteiger partial charge in [-0.1, -0.05) is 29.5 Å². The number of fused-ring (bicyclic) bond motifs is 1. The summed E-state index contributed by atoms with van der Waals surface area (Å²) >= 11 is 1.78. The lowest BCUT2D eigenvalue weighted by molar-refractivity contribution is 0.646. The van der Waals surface area contributed by atoms with Crippen molar-refractivity contribution in [2.24, 2.45) is 0 Å². The summed E-state index contributed by atoms with van der Waals surface area (Å²) in [4.78, 5) is 13.9. The minimum Gasteiger partial charge on any atom is -0.353 e. The average Bonchev–Trinajstić information content (AvgIpc) is 3.00. The molecule has 3 aromatic rings. The largest absolute Gasteiger partial charge is 0.353 e. The molecule has 1 aliphatic heterocycles. The molecule has 0 radical (unpaired) electrons. The highest BCUT2D eigenvalue weighted by Crippen LogP contribution is 2.29. The zero-order valence-electron chi connectivity index (χ0n) is 11.6. The van der Waals surface area contributed by atoms with Crippen LogP contribution in [0.25, 0.3) is 10.2 Å². The van der Waals surface area contributed by atoms with Gasteiger partial charge in [0.25, 0.3) is 0 Å². The number of hydrogen-bond acceptors (Lipinski definition) is 5. The van der Waals surface area contributed by atoms with Crippen LogP contribution in [0.2, 0.25) is 0 Å². The summed E-state index contributed by atoms with van der Waals surface area (Å²) in [7, 11) is 0. The number of anilines is 2. The zero-order valence-corrected chi connectivity index (χ0v) is 12.5. The third-order valence-electron chi connectivity index (χ3n) is 3.81. The molecule has 4 rings (SSSR count). The maximum atomic E-state index is 4.74. The summed E-state index contributed by atoms with van der Waals surface area (Å²) in [6.45, 7) is 3.98. The van der Waals surface area contributed by atoms with E-state index in [-0.39, 0.29) is 0 Å². The van der Waals surface area contributed by atoms with Gasteiger partial charge in [0.15, 0.2) is 5.13 Å². The van der Waals surface area contributed by atoms with Crippen molar-refractivity contribution in [3.05, 3.63) is 48.7 Å². The first-order chi connectivity index (χ1) is 10.4. The molecule has 21 heavy (non-hydrogen) atoms. The van der Waals surface area contributed by atoms with Crippen LogP contribution in [0.4, 0.5) is 10.9 Å². The maximum absolute atomic E-state index is 4.74. The number of benzene rings is 1. The molecule has 0 bridgehead atoms. The highest BCUT2D eigenvalue weighted by atomic mass is 32.1. The van der Waals surface area contributed by atoms with Gasteiger partial charge in [-0.05, 0) is 24.3 Å². The van der Waals surface area contributed by atoms with E-state index < -0.39 is 0 Å². The molecule has 1 aliphatic rings. The molecular weight excluding hydrogens is 280 g/mol. The SMILES string of the molecule is c1ccc(N2CCN(c3nc4ccccc4s3)CC2)nc1. The number of piperazine rings is 1. The van der Waals surface area contributed by atoms with E-state index in [1.807, 2.05) is 24.4 Å². The van der Waals surface area contributed by atoms with E-state index in [9.17, 15) is 0 Å². The van der Waals surface area contributed by atoms with Crippen LogP contribution in [-0.2, 0) is 0 Å². The fourth-order valence-electron chi connectivity index (χ4n) is 2.66. The van der Waals surface area contributed by atoms with E-state index in [0.717, 1.165) is 42.6 Å². The summed E-state index contributed by atoms with van der Waals surface area (Å²) in [6.07, 6.45) is 1.86. The molecule has 0 unspecified atom stereocenters. The van der Waals surface area contributed by atoms with Crippen LogP contribution >= 0.6 is 11.3 Å². The Balaban J connectivity index is 1.50. The molecule has 0 spiro atoms. The van der Waals surface area contributed by atoms with E-state index in [4.69, 9.17) is 4.98 Å². The molecule has 1 fully saturated rings. The van der Waals surface area contributed by atoms with E-state index in [0.29, 0.717) is 0 Å². The van der Waals surface area contributed by atoms with Crippen LogP contribution in [-0.4, -0.2) is 36.1 Å². The minimum absolute atomic E-state index is 0.993. The van der Waals surface area contributed by atoms with E-state index >= 15 is 0 Å². The van der Waals surface area contributed by atoms with E-state index in [1.165, 1.54) is 4.70 Å². The Morgan fingerprint density at radius 1 is 0.857 bits per heavy atom. The predicted octanol–water partition coefficient (Wildman–Crippen LogP) is 3.02. The Morgan fingerprint density at radius 2 is 1.62 bits per heavy atom. The van der Waals surface area contributed by atoms with Crippen LogP contribution in [0.15, 0.2) is 48.7 Å². The van der Waals surface area contributed by atoms with Crippen LogP contribution in [0, 0.1) is 0 Å². The first kappa shape index (κ1) is 12.6. The molecule has 0 N–H and O–H groups in total. The summed E-state index contributed by atoms with van der Waals surface area (Å²) < 4.78 is 1.26. The summed E-state index contributed by atoms with van der Waals surface area (Å²) in [5, 5.41) is 1.14. The molecule has 0 atom stereocenters. The van der Waals surface area contributed by atoms with Crippen molar-refractivity contribution in [1.82, 2.24) is 9.97 Å². The van der Waals surface area contributed by atoms with Crippen molar-refractivity contribution in [1.29, 1.82) is 0 Å². The number of thiazole rings is 1. The Morgan fingerprint density at radius 3 is 2.38 bits per heavy atom. The van der Waals surface area contributed by atoms with Gasteiger partial charge in [0, 0.05) is 32.4 Å². The highest BCUT2D eigenvalue weighted by molar-refractivity contribution is 7.22. The molecule has 5 heteroatoms. The number of para-hydroxylation sites is 1. The van der Waals surface area contributed by atoms with Gasteiger partial charge in [0.1, 0.15) is 5.82 Å². The summed E-state index contributed by atoms with van der Waals surface area (Å²) in [6, 6.07) is 14.4. The second kappa shape index (κ2) is 5.33. The Bertz CT molecular complexity index is 699. The Labute approximate surface area is 127 Å². The zero-order chi connectivity index (χ0) is 14.1. The van der Waals surface area contributed by atoms with Crippen molar-refractivity contribution >= 4 is 32.5 Å². The molecule has 0 aliphatic carbocycles. The van der Waals surface area contributed by atoms with Gasteiger partial charge in [-0.25, -0.2) is 9.97 Å². The fraction of sp³-hybridized carbons (Fsp3) is 0.250. The smallest absolute Gasteiger partial charge is 0.186 e. The van der Waals surface area contributed by atoms with Gasteiger partial charge in [-0.15, -0.1) is 0 Å². The first-order valence-electron chi connectivity index (χ1n) is 7.17. The number of aromatic nitrogens is 2. The molecule has 1 aromatic carbocycles. The third kappa shape index (κ3) is 2.45. The van der Waals surface area contributed by atoms with Crippen molar-refractivity contribution in [3.8, 4) is 0 Å². The monoisotopic (exact) mass is 296 g/mol. The Kier molecular flexibility index (Phi) is 3.20. The van der Waals surface area contributed by atoms with E-state index in [1.54, 1.807) is 11.3 Å². The van der Waals surface area contributed by atoms with Gasteiger partial charge in [0.05, 0.1) is 10.2 Å². The summed E-state index contributed by atoms with van der Waals surface area (Å²) in [5.41, 5.74) is 1.10. The quantitative estimate of drug-likeness (QED) is 0.727. The molecule has 3 heterocycles. The van der Waals surface area contributed by atoms with Gasteiger partial charge in [-0.3, -0.25) is 0 Å². The van der Waals surface area contributed by atoms with Crippen LogP contribution in [0.1, 0.15) is 0 Å². The average molecular weight is 296 g/mol. The van der Waals surface area contributed by atoms with Crippen LogP contribution in [0.3, 0.4) is 0 Å². The molecule has 2 aromatic heterocycles. The van der Waals surface area contributed by atoms with Crippen LogP contribution in [0.5, 0.6) is 0 Å². The maximum Gasteiger partial charge on any atom is 0.186 e. The normalized spacial score (nSPS) is 15.6. The number of hydrogen-bond donors (Lipinski definition) is 0. The topological polar surface area (TPSA) is 32.3 Å². The second-order valence-corrected chi connectivity index (χ2v) is 6.14. The van der Waals surface area contributed by atoms with Crippen molar-refractivity contribution in [2.45, 2.75) is 0 Å². The van der Waals surface area contributed by atoms with Crippen molar-refractivity contribution < 1.29 is 0 Å². The molecular formula is C16H16N4S. The van der Waals surface area contributed by atoms with Gasteiger partial charge >= 0.3 is 0 Å². The molecule has 0 amide bonds. The van der Waals surface area contributed by atoms with Crippen LogP contribution < -0.4 is 9.80 Å². The lowest BCUT2D eigenvalue weighted by atomic mass is 10.3. The molecule has 0 saturated carbocycles. The third-order valence-corrected chi connectivity index (χ3v) is 4.90. The highest BCUT2D eigenvalue weighted by Gasteiger charge is 2.20. The lowest BCUT2D eigenvalue weighted by Gasteiger charge is -2.35. The number of pyridine rings is 1. The second-order valence-electron chi connectivity index (χ2n) is 5.13. The lowest BCUT2D eigenvalue weighted by Crippen LogP contribution is -2.46.